The van der Waals surface area contributed by atoms with Gasteiger partial charge in [0.05, 0.1) is 24.7 Å². The monoisotopic (exact) mass is 466 g/mol. The summed E-state index contributed by atoms with van der Waals surface area (Å²) in [6.45, 7) is 5.88. The number of nitrogens with zero attached hydrogens (tertiary/aromatic N) is 2. The number of hydrogen-bond acceptors (Lipinski definition) is 6. The number of ether oxygens (including phenoxy) is 2. The highest BCUT2D eigenvalue weighted by Gasteiger charge is 2.74. The number of rotatable bonds is 3. The normalized spacial score (nSPS) is 34.8. The molecule has 4 aliphatic heterocycles. The van der Waals surface area contributed by atoms with E-state index in [1.54, 1.807) is 17.9 Å². The van der Waals surface area contributed by atoms with Crippen molar-refractivity contribution >= 4 is 23.5 Å². The molecule has 1 aromatic carbocycles. The number of aliphatic hydroxyl groups excluding tert-OH is 1. The van der Waals surface area contributed by atoms with Crippen molar-refractivity contribution in [3.8, 4) is 0 Å². The molecule has 2 amide bonds. The molecule has 5 rings (SSSR count). The number of anilines is 1. The first-order valence-corrected chi connectivity index (χ1v) is 11.8. The summed E-state index contributed by atoms with van der Waals surface area (Å²) >= 11 is 0. The minimum atomic E-state index is -1.35. The summed E-state index contributed by atoms with van der Waals surface area (Å²) in [4.78, 5) is 44.2. The SMILES string of the molecule is Cc1cccc(C)c1N1CC=C[C@]23O[C@@]4(C)C=CCCOC(=O)[C@H]4[C@H]2C(=O)N(CCO)C3C1=O. The number of esters is 1. The van der Waals surface area contributed by atoms with E-state index in [-0.39, 0.29) is 31.6 Å². The van der Waals surface area contributed by atoms with Gasteiger partial charge >= 0.3 is 5.97 Å². The Morgan fingerprint density at radius 1 is 1.06 bits per heavy atom. The van der Waals surface area contributed by atoms with Crippen LogP contribution in [0.3, 0.4) is 0 Å². The fourth-order valence-electron chi connectivity index (χ4n) is 6.27. The van der Waals surface area contributed by atoms with Gasteiger partial charge in [-0.1, -0.05) is 42.5 Å². The van der Waals surface area contributed by atoms with Crippen LogP contribution in [-0.4, -0.2) is 71.3 Å². The Balaban J connectivity index is 1.67. The average Bonchev–Trinajstić information content (AvgIpc) is 3.09. The van der Waals surface area contributed by atoms with Gasteiger partial charge in [-0.3, -0.25) is 14.4 Å². The quantitative estimate of drug-likeness (QED) is 0.538. The first-order valence-electron chi connectivity index (χ1n) is 11.8. The molecule has 180 valence electrons. The van der Waals surface area contributed by atoms with Crippen LogP contribution in [0.15, 0.2) is 42.5 Å². The summed E-state index contributed by atoms with van der Waals surface area (Å²) in [5.41, 5.74) is 0.240. The molecule has 34 heavy (non-hydrogen) atoms. The number of para-hydroxylation sites is 1. The van der Waals surface area contributed by atoms with E-state index in [1.807, 2.05) is 50.3 Å². The molecular weight excluding hydrogens is 436 g/mol. The molecule has 0 radical (unpaired) electrons. The van der Waals surface area contributed by atoms with Crippen LogP contribution in [0.4, 0.5) is 5.69 Å². The van der Waals surface area contributed by atoms with Gasteiger partial charge in [0.2, 0.25) is 5.91 Å². The van der Waals surface area contributed by atoms with Crippen molar-refractivity contribution in [1.29, 1.82) is 0 Å². The van der Waals surface area contributed by atoms with Crippen LogP contribution >= 0.6 is 0 Å². The minimum absolute atomic E-state index is 0.0282. The van der Waals surface area contributed by atoms with Crippen molar-refractivity contribution in [2.45, 2.75) is 44.4 Å². The van der Waals surface area contributed by atoms with Crippen LogP contribution in [0.25, 0.3) is 0 Å². The molecule has 4 heterocycles. The third kappa shape index (κ3) is 3.08. The van der Waals surface area contributed by atoms with Crippen LogP contribution in [0, 0.1) is 25.7 Å². The lowest BCUT2D eigenvalue weighted by Crippen LogP contribution is -2.56. The highest BCUT2D eigenvalue weighted by Crippen LogP contribution is 2.57. The fourth-order valence-corrected chi connectivity index (χ4v) is 6.27. The van der Waals surface area contributed by atoms with Crippen molar-refractivity contribution in [2.75, 3.05) is 31.2 Å². The Labute approximate surface area is 198 Å². The van der Waals surface area contributed by atoms with Crippen molar-refractivity contribution < 1.29 is 29.0 Å². The smallest absolute Gasteiger partial charge is 0.313 e. The Bertz CT molecular complexity index is 1090. The van der Waals surface area contributed by atoms with Crippen LogP contribution in [0.1, 0.15) is 24.5 Å². The molecule has 0 aromatic heterocycles. The third-order valence-electron chi connectivity index (χ3n) is 7.57. The van der Waals surface area contributed by atoms with Gasteiger partial charge in [0.1, 0.15) is 17.6 Å². The summed E-state index contributed by atoms with van der Waals surface area (Å²) in [5.74, 6) is -2.99. The number of fused-ring (bicyclic) bond motifs is 2. The lowest BCUT2D eigenvalue weighted by molar-refractivity contribution is -0.159. The second kappa shape index (κ2) is 8.06. The topological polar surface area (TPSA) is 96.4 Å². The van der Waals surface area contributed by atoms with Crippen molar-refractivity contribution in [3.63, 3.8) is 0 Å². The molecule has 0 bridgehead atoms. The third-order valence-corrected chi connectivity index (χ3v) is 7.57. The lowest BCUT2D eigenvalue weighted by atomic mass is 9.74. The van der Waals surface area contributed by atoms with E-state index < -0.39 is 35.0 Å². The van der Waals surface area contributed by atoms with Gasteiger partial charge < -0.3 is 24.4 Å². The lowest BCUT2D eigenvalue weighted by Gasteiger charge is -2.38. The van der Waals surface area contributed by atoms with Crippen molar-refractivity contribution in [2.24, 2.45) is 11.8 Å². The Kier molecular flexibility index (Phi) is 5.41. The number of carbonyl (C=O) groups excluding carboxylic acids is 3. The Hall–Kier alpha value is -2.97. The molecule has 2 fully saturated rings. The predicted octanol–water partition coefficient (Wildman–Crippen LogP) is 1.67. The molecule has 8 heteroatoms. The van der Waals surface area contributed by atoms with Gasteiger partial charge in [-0.25, -0.2) is 0 Å². The number of carbonyl (C=O) groups is 3. The summed E-state index contributed by atoms with van der Waals surface area (Å²) in [5, 5.41) is 9.76. The van der Waals surface area contributed by atoms with Crippen molar-refractivity contribution in [3.05, 3.63) is 53.6 Å². The van der Waals surface area contributed by atoms with Crippen molar-refractivity contribution in [1.82, 2.24) is 4.90 Å². The zero-order chi connectivity index (χ0) is 24.3. The van der Waals surface area contributed by atoms with E-state index in [0.717, 1.165) is 16.8 Å². The van der Waals surface area contributed by atoms with Gasteiger partial charge in [-0.05, 0) is 38.3 Å². The minimum Gasteiger partial charge on any atom is -0.465 e. The average molecular weight is 467 g/mol. The largest absolute Gasteiger partial charge is 0.465 e. The zero-order valence-electron chi connectivity index (χ0n) is 19.7. The van der Waals surface area contributed by atoms with Crippen LogP contribution in [-0.2, 0) is 23.9 Å². The van der Waals surface area contributed by atoms with E-state index in [0.29, 0.717) is 13.0 Å². The Morgan fingerprint density at radius 3 is 2.50 bits per heavy atom. The fraction of sp³-hybridized carbons (Fsp3) is 0.500. The van der Waals surface area contributed by atoms with Crippen LogP contribution < -0.4 is 4.90 Å². The van der Waals surface area contributed by atoms with E-state index in [2.05, 4.69) is 0 Å². The number of hydrogen-bond donors (Lipinski definition) is 1. The molecule has 0 saturated carbocycles. The summed E-state index contributed by atoms with van der Waals surface area (Å²) in [6.07, 6.45) is 7.92. The standard InChI is InChI=1S/C26H30N2O6/c1-16-8-6-9-17(2)20(16)27-12-7-11-26-18(22(30)28(13-14-29)21(26)23(27)31)19-24(32)33-15-5-4-10-25(19,3)34-26/h4,6-11,18-19,21,29H,5,12-15H2,1-3H3/t18-,19+,21?,25-,26-/m0/s1. The molecule has 0 aliphatic carbocycles. The predicted molar refractivity (Wildman–Crippen MR) is 124 cm³/mol. The first-order chi connectivity index (χ1) is 16.2. The number of benzene rings is 1. The molecule has 1 aromatic rings. The number of aryl methyl sites for hydroxylation is 2. The van der Waals surface area contributed by atoms with Gasteiger partial charge in [-0.2, -0.15) is 0 Å². The second-order valence-electron chi connectivity index (χ2n) is 9.70. The number of amides is 2. The maximum absolute atomic E-state index is 14.2. The molecule has 1 unspecified atom stereocenters. The maximum atomic E-state index is 14.2. The molecular formula is C26H30N2O6. The van der Waals surface area contributed by atoms with Crippen LogP contribution in [0.2, 0.25) is 0 Å². The van der Waals surface area contributed by atoms with E-state index in [4.69, 9.17) is 9.47 Å². The number of cyclic esters (lactones) is 1. The highest BCUT2D eigenvalue weighted by atomic mass is 16.6. The van der Waals surface area contributed by atoms with Gasteiger partial charge in [0, 0.05) is 18.8 Å². The number of aliphatic hydroxyl groups is 1. The summed E-state index contributed by atoms with van der Waals surface area (Å²) < 4.78 is 12.1. The molecule has 5 atom stereocenters. The van der Waals surface area contributed by atoms with E-state index in [9.17, 15) is 19.5 Å². The molecule has 2 saturated heterocycles. The van der Waals surface area contributed by atoms with Gasteiger partial charge in [0.15, 0.2) is 0 Å². The number of likely N-dealkylation sites (tertiary alicyclic amines) is 1. The van der Waals surface area contributed by atoms with E-state index >= 15 is 0 Å². The van der Waals surface area contributed by atoms with E-state index in [1.165, 1.54) is 4.90 Å². The molecule has 1 N–H and O–H groups in total. The van der Waals surface area contributed by atoms with Crippen LogP contribution in [0.5, 0.6) is 0 Å². The zero-order valence-corrected chi connectivity index (χ0v) is 19.7. The van der Waals surface area contributed by atoms with Gasteiger partial charge in [0.25, 0.3) is 5.91 Å². The molecule has 4 aliphatic rings. The number of β-amino-alcohol motifs (C(OH)–C–C–N with tert-alkyl or cyclic N) is 1. The summed E-state index contributed by atoms with van der Waals surface area (Å²) in [7, 11) is 0. The summed E-state index contributed by atoms with van der Waals surface area (Å²) in [6, 6.07) is 4.82. The maximum Gasteiger partial charge on any atom is 0.313 e. The highest BCUT2D eigenvalue weighted by molar-refractivity contribution is 6.06. The molecule has 1 spiro atoms. The molecule has 8 nitrogen and oxygen atoms in total. The second-order valence-corrected chi connectivity index (χ2v) is 9.70. The Morgan fingerprint density at radius 2 is 1.79 bits per heavy atom. The van der Waals surface area contributed by atoms with Gasteiger partial charge in [-0.15, -0.1) is 0 Å². The first kappa shape index (κ1) is 22.8.